The number of nitrogens with two attached hydrogens (primary N) is 1. The monoisotopic (exact) mass is 214 g/mol. The van der Waals surface area contributed by atoms with E-state index in [4.69, 9.17) is 10.5 Å². The van der Waals surface area contributed by atoms with Gasteiger partial charge in [0.1, 0.15) is 18.5 Å². The second-order valence-electron chi connectivity index (χ2n) is 2.89. The van der Waals surface area contributed by atoms with Crippen molar-refractivity contribution in [2.24, 2.45) is 5.73 Å². The summed E-state index contributed by atoms with van der Waals surface area (Å²) in [5.41, 5.74) is 5.03. The van der Waals surface area contributed by atoms with E-state index >= 15 is 0 Å². The van der Waals surface area contributed by atoms with Crippen molar-refractivity contribution < 1.29 is 14.1 Å². The first-order valence-corrected chi connectivity index (χ1v) is 4.35. The normalized spacial score (nSPS) is 12.1. The van der Waals surface area contributed by atoms with Crippen molar-refractivity contribution in [3.63, 3.8) is 0 Å². The van der Waals surface area contributed by atoms with Gasteiger partial charge in [0.2, 0.25) is 0 Å². The van der Waals surface area contributed by atoms with Crippen molar-refractivity contribution in [3.05, 3.63) is 34.4 Å². The van der Waals surface area contributed by atoms with Crippen LogP contribution in [0.3, 0.4) is 0 Å². The molecule has 0 amide bonds. The zero-order chi connectivity index (χ0) is 11.3. The number of ether oxygens (including phenoxy) is 1. The van der Waals surface area contributed by atoms with Crippen LogP contribution in [0.5, 0.6) is 5.75 Å². The first-order valence-electron chi connectivity index (χ1n) is 4.35. The number of nitro groups is 1. The number of non-ortho nitro benzene ring substituents is 1. The quantitative estimate of drug-likeness (QED) is 0.591. The number of alkyl halides is 1. The Kier molecular flexibility index (Phi) is 3.99. The lowest BCUT2D eigenvalue weighted by molar-refractivity contribution is -0.384. The van der Waals surface area contributed by atoms with Crippen molar-refractivity contribution in [2.75, 3.05) is 13.2 Å². The largest absolute Gasteiger partial charge is 0.491 e. The third-order valence-electron chi connectivity index (χ3n) is 1.73. The summed E-state index contributed by atoms with van der Waals surface area (Å²) < 4.78 is 17.7. The van der Waals surface area contributed by atoms with Crippen molar-refractivity contribution in [2.45, 2.75) is 6.17 Å². The fourth-order valence-corrected chi connectivity index (χ4v) is 0.919. The van der Waals surface area contributed by atoms with E-state index in [1.54, 1.807) is 0 Å². The van der Waals surface area contributed by atoms with Crippen LogP contribution < -0.4 is 10.5 Å². The Labute approximate surface area is 85.8 Å². The maximum atomic E-state index is 12.7. The van der Waals surface area contributed by atoms with E-state index in [9.17, 15) is 14.5 Å². The van der Waals surface area contributed by atoms with Gasteiger partial charge in [-0.15, -0.1) is 0 Å². The van der Waals surface area contributed by atoms with Crippen LogP contribution in [-0.4, -0.2) is 24.2 Å². The smallest absolute Gasteiger partial charge is 0.269 e. The van der Waals surface area contributed by atoms with E-state index in [0.717, 1.165) is 0 Å². The molecule has 0 heterocycles. The summed E-state index contributed by atoms with van der Waals surface area (Å²) in [7, 11) is 0. The van der Waals surface area contributed by atoms with Gasteiger partial charge < -0.3 is 10.5 Å². The number of hydrogen-bond donors (Lipinski definition) is 1. The Morgan fingerprint density at radius 3 is 2.53 bits per heavy atom. The van der Waals surface area contributed by atoms with Gasteiger partial charge in [-0.1, -0.05) is 0 Å². The summed E-state index contributed by atoms with van der Waals surface area (Å²) in [6.07, 6.45) is -1.22. The molecule has 0 saturated carbocycles. The minimum atomic E-state index is -1.22. The number of nitro benzene ring substituents is 1. The van der Waals surface area contributed by atoms with Crippen molar-refractivity contribution in [1.82, 2.24) is 0 Å². The van der Waals surface area contributed by atoms with Crippen LogP contribution in [-0.2, 0) is 0 Å². The van der Waals surface area contributed by atoms with Crippen molar-refractivity contribution in [3.8, 4) is 5.75 Å². The fourth-order valence-electron chi connectivity index (χ4n) is 0.919. The summed E-state index contributed by atoms with van der Waals surface area (Å²) in [5, 5.41) is 10.3. The summed E-state index contributed by atoms with van der Waals surface area (Å²) >= 11 is 0. The van der Waals surface area contributed by atoms with Crippen LogP contribution in [0.2, 0.25) is 0 Å². The molecular formula is C9H11FN2O3. The Hall–Kier alpha value is -1.69. The molecule has 1 atom stereocenters. The van der Waals surface area contributed by atoms with E-state index in [2.05, 4.69) is 0 Å². The van der Waals surface area contributed by atoms with Gasteiger partial charge in [-0.2, -0.15) is 0 Å². The number of hydrogen-bond acceptors (Lipinski definition) is 4. The summed E-state index contributed by atoms with van der Waals surface area (Å²) in [6.45, 7) is -0.249. The molecule has 0 radical (unpaired) electrons. The molecule has 2 N–H and O–H groups in total. The highest BCUT2D eigenvalue weighted by molar-refractivity contribution is 5.35. The predicted octanol–water partition coefficient (Wildman–Crippen LogP) is 1.27. The van der Waals surface area contributed by atoms with Crippen LogP contribution in [0.25, 0.3) is 0 Å². The lowest BCUT2D eigenvalue weighted by Crippen LogP contribution is -2.22. The molecule has 0 unspecified atom stereocenters. The Morgan fingerprint density at radius 2 is 2.07 bits per heavy atom. The zero-order valence-electron chi connectivity index (χ0n) is 7.93. The lowest BCUT2D eigenvalue weighted by atomic mass is 10.3. The molecule has 0 aromatic heterocycles. The van der Waals surface area contributed by atoms with Gasteiger partial charge in [0, 0.05) is 18.7 Å². The molecule has 5 nitrogen and oxygen atoms in total. The highest BCUT2D eigenvalue weighted by Crippen LogP contribution is 2.17. The molecule has 1 rings (SSSR count). The SMILES string of the molecule is NC[C@H](F)COc1ccc([N+](=O)[O-])cc1. The summed E-state index contributed by atoms with van der Waals surface area (Å²) in [5.74, 6) is 0.386. The number of nitrogens with zero attached hydrogens (tertiary/aromatic N) is 1. The summed E-state index contributed by atoms with van der Waals surface area (Å²) in [6, 6.07) is 5.43. The minimum absolute atomic E-state index is 0.0297. The second kappa shape index (κ2) is 5.26. The minimum Gasteiger partial charge on any atom is -0.491 e. The number of halogens is 1. The standard InChI is InChI=1S/C9H11FN2O3/c10-7(5-11)6-15-9-3-1-8(2-4-9)12(13)14/h1-4,7H,5-6,11H2/t7-/m0/s1. The highest BCUT2D eigenvalue weighted by atomic mass is 19.1. The zero-order valence-corrected chi connectivity index (χ0v) is 7.93. The van der Waals surface area contributed by atoms with Crippen LogP contribution in [0.1, 0.15) is 0 Å². The Balaban J connectivity index is 2.53. The van der Waals surface area contributed by atoms with E-state index in [-0.39, 0.29) is 18.8 Å². The van der Waals surface area contributed by atoms with E-state index in [0.29, 0.717) is 5.75 Å². The van der Waals surface area contributed by atoms with E-state index in [1.165, 1.54) is 24.3 Å². The molecule has 1 aromatic carbocycles. The maximum absolute atomic E-state index is 12.7. The first kappa shape index (κ1) is 11.4. The predicted molar refractivity (Wildman–Crippen MR) is 52.5 cm³/mol. The fraction of sp³-hybridized carbons (Fsp3) is 0.333. The molecule has 0 aliphatic carbocycles. The van der Waals surface area contributed by atoms with Gasteiger partial charge in [0.05, 0.1) is 4.92 Å². The highest BCUT2D eigenvalue weighted by Gasteiger charge is 2.07. The molecule has 0 bridgehead atoms. The van der Waals surface area contributed by atoms with Gasteiger partial charge in [0.15, 0.2) is 0 Å². The average molecular weight is 214 g/mol. The van der Waals surface area contributed by atoms with Gasteiger partial charge in [0.25, 0.3) is 5.69 Å². The van der Waals surface area contributed by atoms with Crippen molar-refractivity contribution in [1.29, 1.82) is 0 Å². The van der Waals surface area contributed by atoms with Gasteiger partial charge in [-0.3, -0.25) is 10.1 Å². The van der Waals surface area contributed by atoms with Gasteiger partial charge in [-0.25, -0.2) is 4.39 Å². The average Bonchev–Trinajstić information content (AvgIpc) is 2.26. The molecule has 6 heteroatoms. The van der Waals surface area contributed by atoms with Gasteiger partial charge >= 0.3 is 0 Å². The topological polar surface area (TPSA) is 78.4 Å². The maximum Gasteiger partial charge on any atom is 0.269 e. The first-order chi connectivity index (χ1) is 7.13. The Bertz CT molecular complexity index is 329. The van der Waals surface area contributed by atoms with E-state index < -0.39 is 11.1 Å². The van der Waals surface area contributed by atoms with Gasteiger partial charge in [-0.05, 0) is 12.1 Å². The van der Waals surface area contributed by atoms with Crippen LogP contribution in [0, 0.1) is 10.1 Å². The molecule has 0 saturated heterocycles. The summed E-state index contributed by atoms with van der Waals surface area (Å²) in [4.78, 5) is 9.80. The molecule has 82 valence electrons. The number of rotatable bonds is 5. The molecular weight excluding hydrogens is 203 g/mol. The number of benzene rings is 1. The molecule has 0 aliphatic heterocycles. The van der Waals surface area contributed by atoms with Crippen molar-refractivity contribution >= 4 is 5.69 Å². The second-order valence-corrected chi connectivity index (χ2v) is 2.89. The van der Waals surface area contributed by atoms with Crippen LogP contribution in [0.4, 0.5) is 10.1 Å². The lowest BCUT2D eigenvalue weighted by Gasteiger charge is -2.07. The molecule has 0 fully saturated rings. The molecule has 15 heavy (non-hydrogen) atoms. The van der Waals surface area contributed by atoms with Crippen LogP contribution >= 0.6 is 0 Å². The molecule has 0 spiro atoms. The van der Waals surface area contributed by atoms with Crippen LogP contribution in [0.15, 0.2) is 24.3 Å². The third kappa shape index (κ3) is 3.51. The molecule has 0 aliphatic rings. The Morgan fingerprint density at radius 1 is 1.47 bits per heavy atom. The van der Waals surface area contributed by atoms with E-state index in [1.807, 2.05) is 0 Å². The molecule has 1 aromatic rings. The third-order valence-corrected chi connectivity index (χ3v) is 1.73.